The molecule has 6 unspecified atom stereocenters. The molecular formula is C46H91O12P. The molecule has 0 radical (unpaired) electrons. The van der Waals surface area contributed by atoms with Gasteiger partial charge in [0, 0.05) is 13.0 Å². The van der Waals surface area contributed by atoms with Gasteiger partial charge in [-0.1, -0.05) is 206 Å². The van der Waals surface area contributed by atoms with Gasteiger partial charge in [-0.15, -0.1) is 0 Å². The zero-order valence-corrected chi connectivity index (χ0v) is 38.5. The fourth-order valence-corrected chi connectivity index (χ4v) is 8.80. The van der Waals surface area contributed by atoms with Gasteiger partial charge in [-0.25, -0.2) is 4.57 Å². The Morgan fingerprint density at radius 1 is 0.475 bits per heavy atom. The molecule has 0 spiro atoms. The van der Waals surface area contributed by atoms with Gasteiger partial charge in [0.15, 0.2) is 0 Å². The summed E-state index contributed by atoms with van der Waals surface area (Å²) >= 11 is 0. The summed E-state index contributed by atoms with van der Waals surface area (Å²) in [4.78, 5) is 23.2. The normalized spacial score (nSPS) is 22.4. The Balaban J connectivity index is 2.35. The minimum absolute atomic E-state index is 0.0678. The number of hydrogen-bond acceptors (Lipinski definition) is 11. The van der Waals surface area contributed by atoms with Crippen LogP contribution in [0.4, 0.5) is 0 Å². The lowest BCUT2D eigenvalue weighted by molar-refractivity contribution is -0.220. The van der Waals surface area contributed by atoms with E-state index in [1.54, 1.807) is 0 Å². The Kier molecular flexibility index (Phi) is 36.2. The van der Waals surface area contributed by atoms with Gasteiger partial charge in [0.25, 0.3) is 0 Å². The van der Waals surface area contributed by atoms with E-state index in [-0.39, 0.29) is 13.0 Å². The fraction of sp³-hybridized carbons (Fsp3) is 0.978. The third kappa shape index (κ3) is 30.1. The first-order valence-electron chi connectivity index (χ1n) is 24.4. The number of phosphoric acid groups is 1. The number of aliphatic hydroxyl groups is 5. The Hall–Kier alpha value is -0.660. The van der Waals surface area contributed by atoms with Crippen molar-refractivity contribution < 1.29 is 58.3 Å². The van der Waals surface area contributed by atoms with E-state index >= 15 is 0 Å². The molecule has 1 rings (SSSR count). The molecule has 0 heterocycles. The third-order valence-corrected chi connectivity index (χ3v) is 12.7. The smallest absolute Gasteiger partial charge is 0.457 e. The van der Waals surface area contributed by atoms with E-state index in [4.69, 9.17) is 18.5 Å². The molecule has 0 amide bonds. The number of carbonyl (C=O) groups is 1. The fourth-order valence-electron chi connectivity index (χ4n) is 7.83. The molecule has 6 N–H and O–H groups in total. The average molecular weight is 867 g/mol. The molecule has 1 aliphatic carbocycles. The van der Waals surface area contributed by atoms with Crippen molar-refractivity contribution in [3.05, 3.63) is 0 Å². The molecule has 1 saturated carbocycles. The van der Waals surface area contributed by atoms with Crippen molar-refractivity contribution in [1.29, 1.82) is 0 Å². The van der Waals surface area contributed by atoms with Gasteiger partial charge in [0.2, 0.25) is 0 Å². The van der Waals surface area contributed by atoms with Crippen LogP contribution in [0.15, 0.2) is 0 Å². The van der Waals surface area contributed by atoms with E-state index in [9.17, 15) is 39.8 Å². The van der Waals surface area contributed by atoms with E-state index in [1.807, 2.05) is 0 Å². The molecule has 12 nitrogen and oxygen atoms in total. The van der Waals surface area contributed by atoms with Gasteiger partial charge in [-0.3, -0.25) is 13.8 Å². The number of hydrogen-bond donors (Lipinski definition) is 6. The molecular weight excluding hydrogens is 775 g/mol. The number of ether oxygens (including phenoxy) is 2. The van der Waals surface area contributed by atoms with Crippen LogP contribution in [-0.2, 0) is 27.9 Å². The Morgan fingerprint density at radius 2 is 0.797 bits per heavy atom. The van der Waals surface area contributed by atoms with Gasteiger partial charge >= 0.3 is 13.8 Å². The van der Waals surface area contributed by atoms with Crippen molar-refractivity contribution in [3.8, 4) is 0 Å². The van der Waals surface area contributed by atoms with E-state index in [0.29, 0.717) is 13.0 Å². The zero-order chi connectivity index (χ0) is 43.4. The Morgan fingerprint density at radius 3 is 1.17 bits per heavy atom. The first-order valence-corrected chi connectivity index (χ1v) is 25.9. The molecule has 0 saturated heterocycles. The maximum atomic E-state index is 12.8. The molecule has 1 fully saturated rings. The molecule has 0 aliphatic heterocycles. The monoisotopic (exact) mass is 867 g/mol. The Bertz CT molecular complexity index is 989. The van der Waals surface area contributed by atoms with Crippen LogP contribution >= 0.6 is 7.82 Å². The van der Waals surface area contributed by atoms with Crippen molar-refractivity contribution in [2.45, 2.75) is 268 Å². The first kappa shape index (κ1) is 56.4. The van der Waals surface area contributed by atoms with Crippen LogP contribution in [0.2, 0.25) is 0 Å². The predicted molar refractivity (Wildman–Crippen MR) is 235 cm³/mol. The summed E-state index contributed by atoms with van der Waals surface area (Å²) in [5.41, 5.74) is 0. The standard InChI is InChI=1S/C46H91O12P/c1-3-5-7-9-11-13-15-17-19-20-21-23-25-27-29-31-33-35-40(47)57-39(38-56-59(53,54)58-46-44(51)42(49)41(48)43(50)45(46)52)37-55-36-34-32-30-28-26-24-22-18-16-14-12-10-8-6-4-2/h39,41-46,48-52H,3-38H2,1-2H3,(H,53,54). The molecule has 1 aliphatic rings. The summed E-state index contributed by atoms with van der Waals surface area (Å²) in [6.07, 6.45) is 27.4. The topological polar surface area (TPSA) is 192 Å². The minimum atomic E-state index is -5.01. The number of aliphatic hydroxyl groups excluding tert-OH is 5. The number of phosphoric ester groups is 1. The van der Waals surface area contributed by atoms with E-state index in [1.165, 1.54) is 161 Å². The maximum absolute atomic E-state index is 12.8. The van der Waals surface area contributed by atoms with Gasteiger partial charge < -0.3 is 39.9 Å². The number of carbonyl (C=O) groups excluding carboxylic acids is 1. The van der Waals surface area contributed by atoms with Crippen LogP contribution < -0.4 is 0 Å². The summed E-state index contributed by atoms with van der Waals surface area (Å²) < 4.78 is 34.2. The van der Waals surface area contributed by atoms with Crippen LogP contribution in [0.25, 0.3) is 0 Å². The van der Waals surface area contributed by atoms with Gasteiger partial charge in [0.1, 0.15) is 42.7 Å². The molecule has 352 valence electrons. The minimum Gasteiger partial charge on any atom is -0.457 e. The van der Waals surface area contributed by atoms with E-state index in [2.05, 4.69) is 13.8 Å². The molecule has 0 aromatic rings. The number of esters is 1. The van der Waals surface area contributed by atoms with Crippen LogP contribution in [-0.4, -0.2) is 98.9 Å². The molecule has 6 atom stereocenters. The summed E-state index contributed by atoms with van der Waals surface area (Å²) in [7, 11) is -5.01. The SMILES string of the molecule is CCCCCCCCCCCCCCCCCCCC(=O)OC(COCCCCCCCCCCCCCCCCC)COP(=O)(O)OC1C(O)C(O)C(O)C(O)C1O. The van der Waals surface area contributed by atoms with Crippen molar-refractivity contribution in [3.63, 3.8) is 0 Å². The summed E-state index contributed by atoms with van der Waals surface area (Å²) in [6, 6.07) is 0. The number of rotatable bonds is 42. The van der Waals surface area contributed by atoms with Gasteiger partial charge in [0.05, 0.1) is 13.2 Å². The highest BCUT2D eigenvalue weighted by Gasteiger charge is 2.51. The summed E-state index contributed by atoms with van der Waals surface area (Å²) in [5.74, 6) is -0.470. The van der Waals surface area contributed by atoms with Crippen LogP contribution in [0.3, 0.4) is 0 Å². The second-order valence-electron chi connectivity index (χ2n) is 17.3. The van der Waals surface area contributed by atoms with E-state index < -0.39 is 63.1 Å². The molecule has 59 heavy (non-hydrogen) atoms. The lowest BCUT2D eigenvalue weighted by Crippen LogP contribution is -2.64. The van der Waals surface area contributed by atoms with Crippen LogP contribution in [0, 0.1) is 0 Å². The predicted octanol–water partition coefficient (Wildman–Crippen LogP) is 10.1. The lowest BCUT2D eigenvalue weighted by atomic mass is 9.85. The van der Waals surface area contributed by atoms with Crippen molar-refractivity contribution in [2.24, 2.45) is 0 Å². The average Bonchev–Trinajstić information content (AvgIpc) is 3.22. The van der Waals surface area contributed by atoms with Crippen molar-refractivity contribution >= 4 is 13.8 Å². The highest BCUT2D eigenvalue weighted by atomic mass is 31.2. The van der Waals surface area contributed by atoms with Crippen molar-refractivity contribution in [1.82, 2.24) is 0 Å². The second kappa shape index (κ2) is 37.9. The largest absolute Gasteiger partial charge is 0.472 e. The van der Waals surface area contributed by atoms with Crippen LogP contribution in [0.5, 0.6) is 0 Å². The highest BCUT2D eigenvalue weighted by Crippen LogP contribution is 2.47. The summed E-state index contributed by atoms with van der Waals surface area (Å²) in [6.45, 7) is 4.30. The van der Waals surface area contributed by atoms with E-state index in [0.717, 1.165) is 38.5 Å². The quantitative estimate of drug-likeness (QED) is 0.0194. The Labute approximate surface area is 359 Å². The molecule has 0 bridgehead atoms. The molecule has 0 aromatic carbocycles. The summed E-state index contributed by atoms with van der Waals surface area (Å²) in [5, 5.41) is 50.2. The lowest BCUT2D eigenvalue weighted by Gasteiger charge is -2.41. The highest BCUT2D eigenvalue weighted by molar-refractivity contribution is 7.47. The molecule has 0 aromatic heterocycles. The van der Waals surface area contributed by atoms with Crippen LogP contribution in [0.1, 0.15) is 226 Å². The molecule has 13 heteroatoms. The zero-order valence-electron chi connectivity index (χ0n) is 37.6. The first-order chi connectivity index (χ1) is 28.5. The third-order valence-electron chi connectivity index (χ3n) is 11.7. The number of unbranched alkanes of at least 4 members (excludes halogenated alkanes) is 30. The van der Waals surface area contributed by atoms with Gasteiger partial charge in [-0.05, 0) is 12.8 Å². The van der Waals surface area contributed by atoms with Gasteiger partial charge in [-0.2, -0.15) is 0 Å². The second-order valence-corrected chi connectivity index (χ2v) is 18.7. The van der Waals surface area contributed by atoms with Crippen molar-refractivity contribution in [2.75, 3.05) is 19.8 Å². The maximum Gasteiger partial charge on any atom is 0.472 e.